The van der Waals surface area contributed by atoms with Crippen LogP contribution in [0.1, 0.15) is 65.4 Å². The second-order valence-electron chi connectivity index (χ2n) is 16.3. The maximum absolute atomic E-state index is 15.1. The molecule has 0 aliphatic rings. The van der Waals surface area contributed by atoms with Crippen molar-refractivity contribution in [2.75, 3.05) is 37.7 Å². The van der Waals surface area contributed by atoms with Gasteiger partial charge in [-0.25, -0.2) is 23.4 Å². The summed E-state index contributed by atoms with van der Waals surface area (Å²) in [6, 6.07) is 13.2. The molecular weight excluding hydrogens is 717 g/mol. The lowest BCUT2D eigenvalue weighted by molar-refractivity contribution is -0.133. The first-order valence-corrected chi connectivity index (χ1v) is 22.9. The standard InChI is InChI=1S/C39H57F2N5O5SSi/c1-38(2,3)34(35-44-32(30-24-29(40)16-17-31(30)41)26-45(35)25-28-14-11-10-12-15-28)46(20-13-18-42-37(49)51-39(4,5)6)33(47)27-52-22-19-43-36(48)50-21-23-53(7,8)9/h10-12,14-17,24,26,34H,13,18-23,25,27H2,1-9H3,(H,42,49)(H,43,48). The van der Waals surface area contributed by atoms with Crippen LogP contribution >= 0.6 is 11.8 Å². The summed E-state index contributed by atoms with van der Waals surface area (Å²) in [6.45, 7) is 19.6. The van der Waals surface area contributed by atoms with Gasteiger partial charge in [0.1, 0.15) is 23.1 Å². The van der Waals surface area contributed by atoms with Gasteiger partial charge in [-0.2, -0.15) is 11.8 Å². The van der Waals surface area contributed by atoms with Gasteiger partial charge in [-0.15, -0.1) is 0 Å². The largest absolute Gasteiger partial charge is 0.450 e. The summed E-state index contributed by atoms with van der Waals surface area (Å²) in [5.74, 6) is -0.258. The number of thioether (sulfide) groups is 1. The van der Waals surface area contributed by atoms with Crippen LogP contribution in [-0.2, 0) is 20.8 Å². The van der Waals surface area contributed by atoms with Crippen LogP contribution in [-0.4, -0.2) is 84.0 Å². The maximum Gasteiger partial charge on any atom is 0.407 e. The van der Waals surface area contributed by atoms with E-state index in [9.17, 15) is 18.8 Å². The minimum Gasteiger partial charge on any atom is -0.450 e. The van der Waals surface area contributed by atoms with Crippen LogP contribution in [0.3, 0.4) is 0 Å². The minimum atomic E-state index is -1.33. The van der Waals surface area contributed by atoms with Gasteiger partial charge >= 0.3 is 12.2 Å². The van der Waals surface area contributed by atoms with E-state index >= 15 is 4.39 Å². The molecule has 0 aliphatic heterocycles. The van der Waals surface area contributed by atoms with E-state index in [2.05, 4.69) is 30.3 Å². The zero-order valence-electron chi connectivity index (χ0n) is 32.7. The van der Waals surface area contributed by atoms with Crippen molar-refractivity contribution in [1.82, 2.24) is 25.1 Å². The van der Waals surface area contributed by atoms with E-state index in [1.54, 1.807) is 31.9 Å². The van der Waals surface area contributed by atoms with E-state index in [-0.39, 0.29) is 36.0 Å². The smallest absolute Gasteiger partial charge is 0.407 e. The van der Waals surface area contributed by atoms with E-state index in [1.165, 1.54) is 11.8 Å². The van der Waals surface area contributed by atoms with Gasteiger partial charge in [-0.05, 0) is 62.4 Å². The van der Waals surface area contributed by atoms with Gasteiger partial charge in [0.15, 0.2) is 0 Å². The van der Waals surface area contributed by atoms with E-state index in [4.69, 9.17) is 14.5 Å². The lowest BCUT2D eigenvalue weighted by Gasteiger charge is -2.40. The second kappa shape index (κ2) is 19.4. The Kier molecular flexibility index (Phi) is 15.9. The summed E-state index contributed by atoms with van der Waals surface area (Å²) in [6.07, 6.45) is 1.09. The van der Waals surface area contributed by atoms with Gasteiger partial charge in [-0.3, -0.25) is 4.79 Å². The molecule has 1 heterocycles. The lowest BCUT2D eigenvalue weighted by Crippen LogP contribution is -2.45. The number of aromatic nitrogens is 2. The van der Waals surface area contributed by atoms with Crippen molar-refractivity contribution in [3.05, 3.63) is 77.8 Å². The second-order valence-corrected chi connectivity index (χ2v) is 23.0. The fraction of sp³-hybridized carbons (Fsp3) is 0.538. The van der Waals surface area contributed by atoms with Gasteiger partial charge in [0, 0.05) is 51.8 Å². The summed E-state index contributed by atoms with van der Waals surface area (Å²) in [4.78, 5) is 45.5. The zero-order chi connectivity index (χ0) is 39.4. The Morgan fingerprint density at radius 1 is 0.962 bits per heavy atom. The molecule has 0 aliphatic carbocycles. The van der Waals surface area contributed by atoms with Crippen LogP contribution in [0.25, 0.3) is 11.3 Å². The number of hydrogen-bond acceptors (Lipinski definition) is 7. The van der Waals surface area contributed by atoms with Crippen LogP contribution in [0.5, 0.6) is 0 Å². The molecule has 0 radical (unpaired) electrons. The van der Waals surface area contributed by atoms with Gasteiger partial charge in [0.2, 0.25) is 5.91 Å². The average molecular weight is 774 g/mol. The molecule has 10 nitrogen and oxygen atoms in total. The molecule has 0 fully saturated rings. The third-order valence-electron chi connectivity index (χ3n) is 7.97. The molecule has 0 spiro atoms. The van der Waals surface area contributed by atoms with Crippen LogP contribution in [0.15, 0.2) is 54.7 Å². The van der Waals surface area contributed by atoms with Gasteiger partial charge in [0.25, 0.3) is 0 Å². The molecule has 0 saturated carbocycles. The van der Waals surface area contributed by atoms with Crippen molar-refractivity contribution in [3.8, 4) is 11.3 Å². The highest BCUT2D eigenvalue weighted by molar-refractivity contribution is 7.99. The molecule has 0 bridgehead atoms. The number of hydrogen-bond donors (Lipinski definition) is 2. The first kappa shape index (κ1) is 43.5. The highest BCUT2D eigenvalue weighted by Gasteiger charge is 2.38. The van der Waals surface area contributed by atoms with E-state index in [0.717, 1.165) is 29.8 Å². The van der Waals surface area contributed by atoms with Gasteiger partial charge < -0.3 is 29.6 Å². The molecular formula is C39H57F2N5O5SSi. The van der Waals surface area contributed by atoms with E-state index in [1.807, 2.05) is 55.7 Å². The number of ether oxygens (including phenoxy) is 2. The summed E-state index contributed by atoms with van der Waals surface area (Å²) in [5, 5.41) is 5.53. The van der Waals surface area contributed by atoms with Crippen molar-refractivity contribution in [3.63, 3.8) is 0 Å². The number of amides is 3. The van der Waals surface area contributed by atoms with Crippen LogP contribution < -0.4 is 10.6 Å². The molecule has 1 aromatic heterocycles. The molecule has 2 aromatic carbocycles. The fourth-order valence-corrected chi connectivity index (χ4v) is 6.94. The Morgan fingerprint density at radius 3 is 2.28 bits per heavy atom. The number of nitrogens with zero attached hydrogens (tertiary/aromatic N) is 3. The predicted octanol–water partition coefficient (Wildman–Crippen LogP) is 8.50. The highest BCUT2D eigenvalue weighted by Crippen LogP contribution is 2.40. The monoisotopic (exact) mass is 773 g/mol. The molecule has 2 N–H and O–H groups in total. The Labute approximate surface area is 318 Å². The molecule has 1 atom stereocenters. The normalized spacial score (nSPS) is 12.6. The highest BCUT2D eigenvalue weighted by atomic mass is 32.2. The first-order valence-electron chi connectivity index (χ1n) is 18.0. The number of benzene rings is 2. The minimum absolute atomic E-state index is 0.0206. The molecule has 53 heavy (non-hydrogen) atoms. The Balaban J connectivity index is 1.90. The summed E-state index contributed by atoms with van der Waals surface area (Å²) in [7, 11) is -1.33. The van der Waals surface area contributed by atoms with Crippen molar-refractivity contribution >= 4 is 37.9 Å². The van der Waals surface area contributed by atoms with E-state index in [0.29, 0.717) is 37.7 Å². The van der Waals surface area contributed by atoms with Crippen molar-refractivity contribution in [2.45, 2.75) is 91.8 Å². The van der Waals surface area contributed by atoms with Gasteiger partial charge in [-0.1, -0.05) is 70.7 Å². The SMILES string of the molecule is CC(C)(C)OC(=O)NCCCN(C(=O)CSCCNC(=O)OCC[Si](C)(C)C)C(c1nc(-c2cc(F)ccc2F)cn1Cc1ccccc1)C(C)(C)C. The molecule has 3 aromatic rings. The van der Waals surface area contributed by atoms with E-state index < -0.39 is 49.0 Å². The summed E-state index contributed by atoms with van der Waals surface area (Å²) < 4.78 is 42.1. The number of nitrogens with one attached hydrogen (secondary N) is 2. The quantitative estimate of drug-likeness (QED) is 0.104. The Morgan fingerprint density at radius 2 is 1.64 bits per heavy atom. The van der Waals surface area contributed by atoms with Crippen LogP contribution in [0.4, 0.5) is 18.4 Å². The molecule has 292 valence electrons. The number of halogens is 2. The number of carbonyl (C=O) groups is 3. The average Bonchev–Trinajstić information content (AvgIpc) is 3.44. The number of carbonyl (C=O) groups excluding carboxylic acids is 3. The number of rotatable bonds is 17. The van der Waals surface area contributed by atoms with Crippen molar-refractivity contribution in [2.24, 2.45) is 5.41 Å². The maximum atomic E-state index is 15.1. The predicted molar refractivity (Wildman–Crippen MR) is 211 cm³/mol. The number of imidazole rings is 1. The van der Waals surface area contributed by atoms with Crippen molar-refractivity contribution < 1.29 is 32.6 Å². The Bertz CT molecular complexity index is 1650. The molecule has 3 amide bonds. The van der Waals surface area contributed by atoms with Gasteiger partial charge in [0.05, 0.1) is 24.1 Å². The third kappa shape index (κ3) is 15.2. The van der Waals surface area contributed by atoms with Crippen LogP contribution in [0, 0.1) is 17.0 Å². The molecule has 0 saturated heterocycles. The van der Waals surface area contributed by atoms with Crippen LogP contribution in [0.2, 0.25) is 25.7 Å². The fourth-order valence-electron chi connectivity index (χ4n) is 5.49. The van der Waals surface area contributed by atoms with Crippen molar-refractivity contribution in [1.29, 1.82) is 0 Å². The molecule has 3 rings (SSSR count). The third-order valence-corrected chi connectivity index (χ3v) is 10.6. The topological polar surface area (TPSA) is 115 Å². The molecule has 1 unspecified atom stereocenters. The molecule has 14 heteroatoms. The summed E-state index contributed by atoms with van der Waals surface area (Å²) >= 11 is 1.38. The number of alkyl carbamates (subject to hydrolysis) is 2. The summed E-state index contributed by atoms with van der Waals surface area (Å²) in [5.41, 5.74) is 0.00389. The lowest BCUT2D eigenvalue weighted by atomic mass is 9.84. The Hall–Kier alpha value is -3.91. The first-order chi connectivity index (χ1) is 24.7. The zero-order valence-corrected chi connectivity index (χ0v) is 34.5.